The Morgan fingerprint density at radius 2 is 1.88 bits per heavy atom. The van der Waals surface area contributed by atoms with Crippen LogP contribution in [0.4, 0.5) is 4.79 Å². The van der Waals surface area contributed by atoms with Crippen LogP contribution in [-0.4, -0.2) is 54.1 Å². The Balaban J connectivity index is 3.80. The fraction of sp³-hybridized carbons (Fsp3) is 0.909. The molecule has 0 bridgehead atoms. The lowest BCUT2D eigenvalue weighted by Gasteiger charge is -2.20. The molecule has 5 nitrogen and oxygen atoms in total. The van der Waals surface area contributed by atoms with Gasteiger partial charge in [-0.25, -0.2) is 4.79 Å². The fourth-order valence-electron chi connectivity index (χ4n) is 1.37. The van der Waals surface area contributed by atoms with Crippen LogP contribution in [0.25, 0.3) is 0 Å². The minimum atomic E-state index is -0.459. The predicted molar refractivity (Wildman–Crippen MR) is 61.2 cm³/mol. The first kappa shape index (κ1) is 15.2. The molecule has 0 aromatic rings. The van der Waals surface area contributed by atoms with E-state index < -0.39 is 6.09 Å². The molecule has 0 radical (unpaired) electrons. The molecule has 96 valence electrons. The number of nitrogens with zero attached hydrogens (tertiary/aromatic N) is 1. The number of hydrogen-bond donors (Lipinski definition) is 2. The van der Waals surface area contributed by atoms with Gasteiger partial charge < -0.3 is 19.8 Å². The highest BCUT2D eigenvalue weighted by atomic mass is 16.6. The lowest BCUT2D eigenvalue weighted by molar-refractivity contribution is 0.0776. The Bertz CT molecular complexity index is 175. The van der Waals surface area contributed by atoms with Gasteiger partial charge in [0.2, 0.25) is 0 Å². The number of carbonyl (C=O) groups excluding carboxylic acids is 1. The Kier molecular flexibility index (Phi) is 10.2. The van der Waals surface area contributed by atoms with Crippen molar-refractivity contribution in [2.45, 2.75) is 32.6 Å². The van der Waals surface area contributed by atoms with Gasteiger partial charge in [0.1, 0.15) is 6.61 Å². The van der Waals surface area contributed by atoms with Gasteiger partial charge in [-0.05, 0) is 6.42 Å². The summed E-state index contributed by atoms with van der Waals surface area (Å²) in [6, 6.07) is 0. The van der Waals surface area contributed by atoms with Crippen LogP contribution in [0.1, 0.15) is 32.6 Å². The van der Waals surface area contributed by atoms with Gasteiger partial charge in [-0.15, -0.1) is 0 Å². The van der Waals surface area contributed by atoms with Crippen LogP contribution >= 0.6 is 0 Å². The van der Waals surface area contributed by atoms with E-state index >= 15 is 0 Å². The van der Waals surface area contributed by atoms with Crippen LogP contribution in [0.15, 0.2) is 0 Å². The summed E-state index contributed by atoms with van der Waals surface area (Å²) in [4.78, 5) is 12.9. The highest BCUT2D eigenvalue weighted by Crippen LogP contribution is 2.02. The second-order valence-electron chi connectivity index (χ2n) is 3.61. The summed E-state index contributed by atoms with van der Waals surface area (Å²) < 4.78 is 4.79. The SMILES string of the molecule is CCCCCCN(CCO)C(=O)OCCO. The van der Waals surface area contributed by atoms with Crippen LogP contribution in [0, 0.1) is 0 Å². The molecule has 0 rings (SSSR count). The van der Waals surface area contributed by atoms with Crippen LogP contribution < -0.4 is 0 Å². The van der Waals surface area contributed by atoms with E-state index in [1.165, 1.54) is 4.90 Å². The summed E-state index contributed by atoms with van der Waals surface area (Å²) in [6.07, 6.45) is 3.83. The van der Waals surface area contributed by atoms with Gasteiger partial charge in [-0.2, -0.15) is 0 Å². The third-order valence-electron chi connectivity index (χ3n) is 2.23. The van der Waals surface area contributed by atoms with Gasteiger partial charge in [0.25, 0.3) is 0 Å². The average Bonchev–Trinajstić information content (AvgIpc) is 2.30. The molecular formula is C11H23NO4. The second-order valence-corrected chi connectivity index (χ2v) is 3.61. The third kappa shape index (κ3) is 7.48. The standard InChI is InChI=1S/C11H23NO4/c1-2-3-4-5-6-12(7-8-13)11(15)16-10-9-14/h13-14H,2-10H2,1H3. The third-order valence-corrected chi connectivity index (χ3v) is 2.23. The van der Waals surface area contributed by atoms with Crippen LogP contribution in [-0.2, 0) is 4.74 Å². The highest BCUT2D eigenvalue weighted by Gasteiger charge is 2.13. The molecule has 0 aliphatic heterocycles. The molecule has 0 unspecified atom stereocenters. The molecule has 5 heteroatoms. The number of carbonyl (C=O) groups is 1. The smallest absolute Gasteiger partial charge is 0.409 e. The Morgan fingerprint density at radius 1 is 1.12 bits per heavy atom. The summed E-state index contributed by atoms with van der Waals surface area (Å²) in [6.45, 7) is 2.79. The Morgan fingerprint density at radius 3 is 2.44 bits per heavy atom. The molecule has 0 atom stereocenters. The van der Waals surface area contributed by atoms with Crippen molar-refractivity contribution in [2.75, 3.05) is 32.9 Å². The van der Waals surface area contributed by atoms with Crippen molar-refractivity contribution in [3.05, 3.63) is 0 Å². The number of unbranched alkanes of at least 4 members (excludes halogenated alkanes) is 3. The number of ether oxygens (including phenoxy) is 1. The maximum atomic E-state index is 11.4. The van der Waals surface area contributed by atoms with E-state index in [0.29, 0.717) is 6.54 Å². The van der Waals surface area contributed by atoms with Gasteiger partial charge in [-0.3, -0.25) is 0 Å². The van der Waals surface area contributed by atoms with Crippen molar-refractivity contribution in [3.63, 3.8) is 0 Å². The van der Waals surface area contributed by atoms with E-state index in [-0.39, 0.29) is 26.4 Å². The largest absolute Gasteiger partial charge is 0.447 e. The zero-order chi connectivity index (χ0) is 12.2. The van der Waals surface area contributed by atoms with Crippen LogP contribution in [0.3, 0.4) is 0 Å². The number of aliphatic hydroxyl groups excluding tert-OH is 2. The molecule has 0 spiro atoms. The Labute approximate surface area is 97.0 Å². The van der Waals surface area contributed by atoms with Gasteiger partial charge in [0.15, 0.2) is 0 Å². The van der Waals surface area contributed by atoms with Gasteiger partial charge >= 0.3 is 6.09 Å². The number of hydrogen-bond acceptors (Lipinski definition) is 4. The summed E-state index contributed by atoms with van der Waals surface area (Å²) in [5.41, 5.74) is 0. The minimum Gasteiger partial charge on any atom is -0.447 e. The molecule has 0 fully saturated rings. The molecule has 0 aromatic heterocycles. The topological polar surface area (TPSA) is 70.0 Å². The molecule has 0 aromatic carbocycles. The number of rotatable bonds is 9. The lowest BCUT2D eigenvalue weighted by Crippen LogP contribution is -2.35. The minimum absolute atomic E-state index is 0.00964. The van der Waals surface area contributed by atoms with Crippen molar-refractivity contribution in [1.82, 2.24) is 4.90 Å². The summed E-state index contributed by atoms with van der Waals surface area (Å²) in [5, 5.41) is 17.3. The molecule has 2 N–H and O–H groups in total. The normalized spacial score (nSPS) is 10.2. The van der Waals surface area contributed by atoms with E-state index in [1.807, 2.05) is 0 Å². The Hall–Kier alpha value is -0.810. The molecule has 16 heavy (non-hydrogen) atoms. The van der Waals surface area contributed by atoms with E-state index in [2.05, 4.69) is 6.92 Å². The first-order valence-corrected chi connectivity index (χ1v) is 5.89. The second kappa shape index (κ2) is 10.7. The summed E-state index contributed by atoms with van der Waals surface area (Å²) in [5.74, 6) is 0. The van der Waals surface area contributed by atoms with E-state index in [1.54, 1.807) is 0 Å². The van der Waals surface area contributed by atoms with Gasteiger partial charge in [0, 0.05) is 13.1 Å². The van der Waals surface area contributed by atoms with E-state index in [4.69, 9.17) is 14.9 Å². The monoisotopic (exact) mass is 233 g/mol. The zero-order valence-electron chi connectivity index (χ0n) is 10.0. The van der Waals surface area contributed by atoms with Gasteiger partial charge in [-0.1, -0.05) is 26.2 Å². The predicted octanol–water partition coefficient (Wildman–Crippen LogP) is 0.990. The highest BCUT2D eigenvalue weighted by molar-refractivity contribution is 5.67. The maximum absolute atomic E-state index is 11.4. The summed E-state index contributed by atoms with van der Waals surface area (Å²) in [7, 11) is 0. The first-order chi connectivity index (χ1) is 7.76. The quantitative estimate of drug-likeness (QED) is 0.583. The van der Waals surface area contributed by atoms with Crippen molar-refractivity contribution in [1.29, 1.82) is 0 Å². The average molecular weight is 233 g/mol. The molecular weight excluding hydrogens is 210 g/mol. The van der Waals surface area contributed by atoms with Crippen molar-refractivity contribution >= 4 is 6.09 Å². The van der Waals surface area contributed by atoms with E-state index in [9.17, 15) is 4.79 Å². The summed E-state index contributed by atoms with van der Waals surface area (Å²) >= 11 is 0. The molecule has 1 amide bonds. The van der Waals surface area contributed by atoms with Crippen LogP contribution in [0.2, 0.25) is 0 Å². The number of aliphatic hydroxyl groups is 2. The molecule has 0 heterocycles. The molecule has 0 saturated heterocycles. The van der Waals surface area contributed by atoms with Crippen molar-refractivity contribution in [3.8, 4) is 0 Å². The lowest BCUT2D eigenvalue weighted by atomic mass is 10.2. The van der Waals surface area contributed by atoms with Gasteiger partial charge in [0.05, 0.1) is 13.2 Å². The van der Waals surface area contributed by atoms with Crippen LogP contribution in [0.5, 0.6) is 0 Å². The molecule has 0 aliphatic carbocycles. The molecule has 0 saturated carbocycles. The maximum Gasteiger partial charge on any atom is 0.409 e. The first-order valence-electron chi connectivity index (χ1n) is 5.89. The molecule has 0 aliphatic rings. The zero-order valence-corrected chi connectivity index (χ0v) is 10.0. The van der Waals surface area contributed by atoms with Crippen molar-refractivity contribution in [2.24, 2.45) is 0 Å². The van der Waals surface area contributed by atoms with Crippen molar-refractivity contribution < 1.29 is 19.7 Å². The fourth-order valence-corrected chi connectivity index (χ4v) is 1.37. The number of amides is 1. The van der Waals surface area contributed by atoms with E-state index in [0.717, 1.165) is 25.7 Å².